The number of nitrogens with zero attached hydrogens (tertiary/aromatic N) is 6. The van der Waals surface area contributed by atoms with E-state index < -0.39 is 0 Å². The molecule has 1 saturated heterocycles. The first-order valence-electron chi connectivity index (χ1n) is 7.60. The van der Waals surface area contributed by atoms with E-state index in [0.29, 0.717) is 0 Å². The van der Waals surface area contributed by atoms with Gasteiger partial charge in [0.1, 0.15) is 5.52 Å². The molecule has 0 unspecified atom stereocenters. The molecule has 7 heteroatoms. The van der Waals surface area contributed by atoms with Gasteiger partial charge in [-0.2, -0.15) is 4.98 Å². The first-order chi connectivity index (χ1) is 11.2. The number of hydrogen-bond donors (Lipinski definition) is 0. The van der Waals surface area contributed by atoms with Crippen molar-refractivity contribution in [2.24, 2.45) is 7.05 Å². The van der Waals surface area contributed by atoms with E-state index in [9.17, 15) is 0 Å². The van der Waals surface area contributed by atoms with Crippen molar-refractivity contribution in [1.29, 1.82) is 0 Å². The van der Waals surface area contributed by atoms with Gasteiger partial charge in [-0.25, -0.2) is 9.97 Å². The lowest BCUT2D eigenvalue weighted by atomic mass is 10.2. The van der Waals surface area contributed by atoms with Crippen LogP contribution >= 0.6 is 11.6 Å². The standard InChI is InChI=1S/C16H17ClN6/c1-21-11-19-15-14(21)10-18-16(20-15)23-7-5-22(6-8-23)13-4-2-3-12(17)9-13/h2-4,9-11H,5-8H2,1H3. The smallest absolute Gasteiger partial charge is 0.227 e. The maximum Gasteiger partial charge on any atom is 0.227 e. The molecule has 6 nitrogen and oxygen atoms in total. The van der Waals surface area contributed by atoms with Crippen LogP contribution < -0.4 is 9.80 Å². The number of rotatable bonds is 2. The van der Waals surface area contributed by atoms with Gasteiger partial charge in [-0.15, -0.1) is 0 Å². The van der Waals surface area contributed by atoms with Gasteiger partial charge in [0.25, 0.3) is 0 Å². The summed E-state index contributed by atoms with van der Waals surface area (Å²) in [7, 11) is 1.95. The quantitative estimate of drug-likeness (QED) is 0.722. The molecule has 4 rings (SSSR count). The van der Waals surface area contributed by atoms with Crippen molar-refractivity contribution < 1.29 is 0 Å². The number of hydrogen-bond acceptors (Lipinski definition) is 5. The molecule has 3 heterocycles. The number of aromatic nitrogens is 4. The Hall–Kier alpha value is -2.34. The maximum atomic E-state index is 6.08. The van der Waals surface area contributed by atoms with Crippen molar-refractivity contribution >= 4 is 34.4 Å². The third-order valence-electron chi connectivity index (χ3n) is 4.21. The lowest BCUT2D eigenvalue weighted by Crippen LogP contribution is -2.47. The van der Waals surface area contributed by atoms with Crippen molar-refractivity contribution in [2.45, 2.75) is 0 Å². The normalized spacial score (nSPS) is 15.4. The second-order valence-corrected chi connectivity index (χ2v) is 6.12. The van der Waals surface area contributed by atoms with Crippen LogP contribution in [0.15, 0.2) is 36.8 Å². The topological polar surface area (TPSA) is 50.1 Å². The Balaban J connectivity index is 1.50. The molecule has 1 aliphatic rings. The lowest BCUT2D eigenvalue weighted by Gasteiger charge is -2.36. The molecular formula is C16H17ClN6. The zero-order valence-electron chi connectivity index (χ0n) is 12.9. The average Bonchev–Trinajstić information content (AvgIpc) is 2.96. The fraction of sp³-hybridized carbons (Fsp3) is 0.312. The third kappa shape index (κ3) is 2.70. The predicted octanol–water partition coefficient (Wildman–Crippen LogP) is 2.34. The maximum absolute atomic E-state index is 6.08. The van der Waals surface area contributed by atoms with Crippen LogP contribution in [-0.2, 0) is 7.05 Å². The van der Waals surface area contributed by atoms with E-state index in [4.69, 9.17) is 11.6 Å². The van der Waals surface area contributed by atoms with E-state index >= 15 is 0 Å². The van der Waals surface area contributed by atoms with Crippen LogP contribution in [-0.4, -0.2) is 45.7 Å². The highest BCUT2D eigenvalue weighted by Gasteiger charge is 2.20. The minimum atomic E-state index is 0.745. The molecule has 0 amide bonds. The molecule has 0 bridgehead atoms. The highest BCUT2D eigenvalue weighted by Crippen LogP contribution is 2.22. The molecule has 0 aliphatic carbocycles. The van der Waals surface area contributed by atoms with Crippen LogP contribution in [0.3, 0.4) is 0 Å². The number of piperazine rings is 1. The van der Waals surface area contributed by atoms with Gasteiger partial charge in [0.15, 0.2) is 5.65 Å². The van der Waals surface area contributed by atoms with Crippen molar-refractivity contribution in [3.63, 3.8) is 0 Å². The molecular weight excluding hydrogens is 312 g/mol. The Morgan fingerprint density at radius 2 is 1.83 bits per heavy atom. The molecule has 1 fully saturated rings. The summed E-state index contributed by atoms with van der Waals surface area (Å²) >= 11 is 6.08. The Labute approximate surface area is 139 Å². The Morgan fingerprint density at radius 1 is 1.04 bits per heavy atom. The largest absolute Gasteiger partial charge is 0.368 e. The molecule has 2 aromatic heterocycles. The van der Waals surface area contributed by atoms with Gasteiger partial charge in [-0.3, -0.25) is 0 Å². The predicted molar refractivity (Wildman–Crippen MR) is 92.2 cm³/mol. The molecule has 0 saturated carbocycles. The van der Waals surface area contributed by atoms with Gasteiger partial charge in [0.05, 0.1) is 12.5 Å². The molecule has 23 heavy (non-hydrogen) atoms. The zero-order chi connectivity index (χ0) is 15.8. The second-order valence-electron chi connectivity index (χ2n) is 5.69. The SMILES string of the molecule is Cn1cnc2nc(N3CCN(c4cccc(Cl)c4)CC3)ncc21. The molecule has 0 radical (unpaired) electrons. The number of benzene rings is 1. The Bertz CT molecular complexity index is 837. The van der Waals surface area contributed by atoms with Crippen molar-refractivity contribution in [1.82, 2.24) is 19.5 Å². The van der Waals surface area contributed by atoms with Crippen molar-refractivity contribution in [2.75, 3.05) is 36.0 Å². The second kappa shape index (κ2) is 5.70. The zero-order valence-corrected chi connectivity index (χ0v) is 13.6. The van der Waals surface area contributed by atoms with Gasteiger partial charge in [0, 0.05) is 43.9 Å². The van der Waals surface area contributed by atoms with Crippen LogP contribution in [0.25, 0.3) is 11.2 Å². The lowest BCUT2D eigenvalue weighted by molar-refractivity contribution is 0.641. The molecule has 3 aromatic rings. The van der Waals surface area contributed by atoms with E-state index in [2.05, 4.69) is 30.8 Å². The fourth-order valence-corrected chi connectivity index (χ4v) is 3.08. The summed E-state index contributed by atoms with van der Waals surface area (Å²) in [5.74, 6) is 0.752. The molecule has 0 N–H and O–H groups in total. The number of imidazole rings is 1. The molecule has 0 spiro atoms. The third-order valence-corrected chi connectivity index (χ3v) is 4.44. The Kier molecular flexibility index (Phi) is 3.53. The van der Waals surface area contributed by atoms with Crippen molar-refractivity contribution in [3.05, 3.63) is 41.8 Å². The number of fused-ring (bicyclic) bond motifs is 1. The molecule has 118 valence electrons. The van der Waals surface area contributed by atoms with Crippen LogP contribution in [0.4, 0.5) is 11.6 Å². The van der Waals surface area contributed by atoms with Crippen molar-refractivity contribution in [3.8, 4) is 0 Å². The monoisotopic (exact) mass is 328 g/mol. The summed E-state index contributed by atoms with van der Waals surface area (Å²) in [5.41, 5.74) is 2.86. The van der Waals surface area contributed by atoms with Crippen LogP contribution in [0.2, 0.25) is 5.02 Å². The van der Waals surface area contributed by atoms with Gasteiger partial charge in [0.2, 0.25) is 5.95 Å². The van der Waals surface area contributed by atoms with E-state index in [-0.39, 0.29) is 0 Å². The van der Waals surface area contributed by atoms with Gasteiger partial charge in [-0.05, 0) is 18.2 Å². The first kappa shape index (κ1) is 14.3. The van der Waals surface area contributed by atoms with E-state index in [1.165, 1.54) is 5.69 Å². The summed E-state index contributed by atoms with van der Waals surface area (Å²) in [5, 5.41) is 0.772. The van der Waals surface area contributed by atoms with Crippen LogP contribution in [0, 0.1) is 0 Å². The van der Waals surface area contributed by atoms with Gasteiger partial charge < -0.3 is 14.4 Å². The fourth-order valence-electron chi connectivity index (χ4n) is 2.89. The summed E-state index contributed by atoms with van der Waals surface area (Å²) in [4.78, 5) is 17.9. The molecule has 1 aromatic carbocycles. The van der Waals surface area contributed by atoms with E-state index in [1.54, 1.807) is 6.33 Å². The molecule has 0 atom stereocenters. The summed E-state index contributed by atoms with van der Waals surface area (Å²) in [6.45, 7) is 3.60. The number of aryl methyl sites for hydroxylation is 1. The minimum Gasteiger partial charge on any atom is -0.368 e. The first-order valence-corrected chi connectivity index (χ1v) is 7.98. The summed E-state index contributed by atoms with van der Waals surface area (Å²) < 4.78 is 1.93. The van der Waals surface area contributed by atoms with Gasteiger partial charge in [-0.1, -0.05) is 17.7 Å². The Morgan fingerprint density at radius 3 is 2.61 bits per heavy atom. The average molecular weight is 329 g/mol. The summed E-state index contributed by atoms with van der Waals surface area (Å²) in [6, 6.07) is 7.99. The van der Waals surface area contributed by atoms with E-state index in [1.807, 2.05) is 36.0 Å². The molecule has 1 aliphatic heterocycles. The number of anilines is 2. The van der Waals surface area contributed by atoms with Gasteiger partial charge >= 0.3 is 0 Å². The van der Waals surface area contributed by atoms with E-state index in [0.717, 1.165) is 48.3 Å². The minimum absolute atomic E-state index is 0.745. The highest BCUT2D eigenvalue weighted by molar-refractivity contribution is 6.30. The summed E-state index contributed by atoms with van der Waals surface area (Å²) in [6.07, 6.45) is 3.61. The highest BCUT2D eigenvalue weighted by atomic mass is 35.5. The van der Waals surface area contributed by atoms with Crippen LogP contribution in [0.5, 0.6) is 0 Å². The van der Waals surface area contributed by atoms with Crippen LogP contribution in [0.1, 0.15) is 0 Å². The number of halogens is 1.